The van der Waals surface area contributed by atoms with Crippen molar-refractivity contribution in [2.24, 2.45) is 35.5 Å². The molecule has 73 heavy (non-hydrogen) atoms. The molecule has 8 atom stereocenters. The molecule has 0 aromatic heterocycles. The molecule has 20 heteroatoms. The van der Waals surface area contributed by atoms with Gasteiger partial charge in [-0.15, -0.1) is 0 Å². The number of rotatable bonds is 24. The highest BCUT2D eigenvalue weighted by Gasteiger charge is 2.37. The smallest absolute Gasteiger partial charge is 0.328 e. The predicted octanol–water partition coefficient (Wildman–Crippen LogP) is 5.04. The Morgan fingerprint density at radius 3 is 1.29 bits per heavy atom. The lowest BCUT2D eigenvalue weighted by Gasteiger charge is -2.29. The molecule has 1 aliphatic rings. The van der Waals surface area contributed by atoms with Gasteiger partial charge >= 0.3 is 17.9 Å². The number of carbonyl (C=O) groups is 10. The van der Waals surface area contributed by atoms with Gasteiger partial charge in [0.1, 0.15) is 48.4 Å². The van der Waals surface area contributed by atoms with E-state index in [1.54, 1.807) is 55.4 Å². The lowest BCUT2D eigenvalue weighted by molar-refractivity contribution is -0.155. The molecular formula is C53H93N7O13. The van der Waals surface area contributed by atoms with Crippen LogP contribution in [0, 0.1) is 35.5 Å². The fraction of sp³-hybridized carbons (Fsp3) is 0.811. The van der Waals surface area contributed by atoms with Crippen LogP contribution in [-0.4, -0.2) is 118 Å². The first-order valence-electron chi connectivity index (χ1n) is 26.8. The van der Waals surface area contributed by atoms with E-state index in [9.17, 15) is 58.2 Å². The van der Waals surface area contributed by atoms with Crippen molar-refractivity contribution >= 4 is 59.3 Å². The molecule has 1 heterocycles. The highest BCUT2D eigenvalue weighted by atomic mass is 16.5. The molecule has 0 bridgehead atoms. The number of carbonyl (C=O) groups excluding carboxylic acids is 8. The van der Waals surface area contributed by atoms with Crippen LogP contribution >= 0.6 is 0 Å². The molecule has 1 rings (SSSR count). The maximum absolute atomic E-state index is 14.2. The monoisotopic (exact) mass is 1040 g/mol. The van der Waals surface area contributed by atoms with Crippen LogP contribution in [0.5, 0.6) is 0 Å². The van der Waals surface area contributed by atoms with Crippen LogP contribution in [0.1, 0.15) is 192 Å². The molecule has 5 unspecified atom stereocenters. The molecule has 0 spiro atoms. The summed E-state index contributed by atoms with van der Waals surface area (Å²) in [7, 11) is 0. The van der Waals surface area contributed by atoms with Gasteiger partial charge in [-0.3, -0.25) is 43.2 Å². The lowest BCUT2D eigenvalue weighted by Crippen LogP contribution is -2.61. The second-order valence-electron chi connectivity index (χ2n) is 22.4. The zero-order valence-corrected chi connectivity index (χ0v) is 46.0. The number of carboxylic acid groups (broad SMARTS) is 2. The number of carboxylic acids is 2. The number of unbranched alkanes of at least 4 members (excludes halogenated alkanes) is 6. The van der Waals surface area contributed by atoms with Gasteiger partial charge in [-0.2, -0.15) is 0 Å². The highest BCUT2D eigenvalue weighted by Crippen LogP contribution is 2.19. The van der Waals surface area contributed by atoms with E-state index in [0.29, 0.717) is 12.3 Å². The molecule has 1 fully saturated rings. The van der Waals surface area contributed by atoms with Crippen LogP contribution < -0.4 is 37.2 Å². The Labute approximate surface area is 434 Å². The van der Waals surface area contributed by atoms with Crippen molar-refractivity contribution in [2.75, 3.05) is 0 Å². The molecular weight excluding hydrogens is 943 g/mol. The average Bonchev–Trinajstić information content (AvgIpc) is 3.26. The fourth-order valence-electron chi connectivity index (χ4n) is 8.57. The number of ether oxygens (including phenoxy) is 1. The van der Waals surface area contributed by atoms with E-state index in [1.807, 2.05) is 13.8 Å². The van der Waals surface area contributed by atoms with Gasteiger partial charge in [0.2, 0.25) is 41.4 Å². The van der Waals surface area contributed by atoms with Gasteiger partial charge < -0.3 is 52.2 Å². The number of cyclic esters (lactones) is 1. The summed E-state index contributed by atoms with van der Waals surface area (Å²) in [5.41, 5.74) is 0. The molecule has 9 N–H and O–H groups in total. The second-order valence-corrected chi connectivity index (χ2v) is 22.4. The minimum absolute atomic E-state index is 0.0393. The fourth-order valence-corrected chi connectivity index (χ4v) is 8.57. The average molecular weight is 1040 g/mol. The zero-order valence-electron chi connectivity index (χ0n) is 46.0. The summed E-state index contributed by atoms with van der Waals surface area (Å²) >= 11 is 0. The first-order valence-corrected chi connectivity index (χ1v) is 26.8. The van der Waals surface area contributed by atoms with Crippen molar-refractivity contribution in [2.45, 2.75) is 241 Å². The van der Waals surface area contributed by atoms with Gasteiger partial charge in [-0.1, -0.05) is 128 Å². The maximum atomic E-state index is 14.2. The summed E-state index contributed by atoms with van der Waals surface area (Å²) in [5.74, 6) is -10.1. The molecule has 418 valence electrons. The summed E-state index contributed by atoms with van der Waals surface area (Å²) < 4.78 is 6.04. The first kappa shape index (κ1) is 65.7. The Morgan fingerprint density at radius 2 is 0.849 bits per heavy atom. The topological polar surface area (TPSA) is 305 Å². The number of esters is 1. The molecule has 0 aromatic rings. The quantitative estimate of drug-likeness (QED) is 0.0453. The summed E-state index contributed by atoms with van der Waals surface area (Å²) in [4.78, 5) is 137. The van der Waals surface area contributed by atoms with Gasteiger partial charge in [-0.05, 0) is 80.5 Å². The lowest BCUT2D eigenvalue weighted by atomic mass is 9.98. The molecule has 0 saturated carbocycles. The molecule has 1 aliphatic heterocycles. The van der Waals surface area contributed by atoms with Gasteiger partial charge in [0.05, 0.1) is 12.8 Å². The number of hydrogen-bond donors (Lipinski definition) is 9. The second kappa shape index (κ2) is 34.2. The van der Waals surface area contributed by atoms with E-state index in [1.165, 1.54) is 0 Å². The van der Waals surface area contributed by atoms with Gasteiger partial charge in [0.15, 0.2) is 0 Å². The summed E-state index contributed by atoms with van der Waals surface area (Å²) in [6.07, 6.45) is 5.02. The molecule has 0 radical (unpaired) electrons. The van der Waals surface area contributed by atoms with E-state index in [0.717, 1.165) is 44.9 Å². The van der Waals surface area contributed by atoms with E-state index >= 15 is 0 Å². The van der Waals surface area contributed by atoms with Crippen LogP contribution in [0.25, 0.3) is 0 Å². The van der Waals surface area contributed by atoms with Crippen LogP contribution in [-0.2, 0) is 52.7 Å². The molecule has 7 amide bonds. The van der Waals surface area contributed by atoms with Crippen LogP contribution in [0.3, 0.4) is 0 Å². The van der Waals surface area contributed by atoms with Crippen molar-refractivity contribution in [3.63, 3.8) is 0 Å². The van der Waals surface area contributed by atoms with Crippen molar-refractivity contribution < 1.29 is 62.9 Å². The Bertz CT molecular complexity index is 1800. The maximum Gasteiger partial charge on any atom is 0.328 e. The highest BCUT2D eigenvalue weighted by molar-refractivity contribution is 5.98. The van der Waals surface area contributed by atoms with E-state index in [-0.39, 0.29) is 62.2 Å². The minimum Gasteiger partial charge on any atom is -0.481 e. The van der Waals surface area contributed by atoms with Gasteiger partial charge in [0.25, 0.3) is 0 Å². The number of amides is 7. The summed E-state index contributed by atoms with van der Waals surface area (Å²) in [6.45, 7) is 22.0. The van der Waals surface area contributed by atoms with Crippen LogP contribution in [0.2, 0.25) is 0 Å². The molecule has 0 aliphatic carbocycles. The third kappa shape index (κ3) is 28.1. The Hall–Kier alpha value is -5.30. The van der Waals surface area contributed by atoms with Crippen molar-refractivity contribution in [3.8, 4) is 0 Å². The first-order chi connectivity index (χ1) is 34.1. The standard InChI is InChI=1S/C53H93N7O13/c1-30(2)20-18-16-14-13-15-17-19-21-36-28-43(61)54-37(22-23-44(62)63)47(66)55-38(24-31(3)4)48(67)57-40(26-33(7)8)51(70)60-46(35(11)12)52(71)58-41(29-45(64)65)50(69)56-39(25-32(5)6)49(68)59-42(27-34(9)10)53(72)73-36/h30-42,46H,13-29H2,1-12H3,(H,54,61)(H,55,66)(H,56,69)(H,57,67)(H,58,71)(H,59,68)(H,60,70)(H,62,63)(H,64,65)/t36?,37-,38?,39?,40+,41?,42-,46?/m0/s1. The molecule has 20 nitrogen and oxygen atoms in total. The normalized spacial score (nSPS) is 24.0. The summed E-state index contributed by atoms with van der Waals surface area (Å²) in [6, 6.07) is -9.64. The number of hydrogen-bond acceptors (Lipinski definition) is 11. The minimum atomic E-state index is -1.72. The van der Waals surface area contributed by atoms with Crippen molar-refractivity contribution in [1.29, 1.82) is 0 Å². The third-order valence-electron chi connectivity index (χ3n) is 12.4. The third-order valence-corrected chi connectivity index (χ3v) is 12.4. The largest absolute Gasteiger partial charge is 0.481 e. The molecule has 1 saturated heterocycles. The van der Waals surface area contributed by atoms with Crippen LogP contribution in [0.15, 0.2) is 0 Å². The Kier molecular flexibility index (Phi) is 30.8. The van der Waals surface area contributed by atoms with E-state index in [4.69, 9.17) is 4.74 Å². The van der Waals surface area contributed by atoms with E-state index in [2.05, 4.69) is 51.1 Å². The van der Waals surface area contributed by atoms with Crippen molar-refractivity contribution in [1.82, 2.24) is 37.2 Å². The van der Waals surface area contributed by atoms with Crippen LogP contribution in [0.4, 0.5) is 0 Å². The Morgan fingerprint density at radius 1 is 0.452 bits per heavy atom. The Balaban J connectivity index is 3.95. The SMILES string of the molecule is CC(C)CCCCCCCCCC1CC(=O)N[C@@H](CCC(=O)O)C(=O)NC(CC(C)C)C(=O)N[C@H](CC(C)C)C(=O)NC(C(C)C)C(=O)NC(CC(=O)O)C(=O)NC(CC(C)C)C(=O)N[C@@H](CC(C)C)C(=O)O1. The van der Waals surface area contributed by atoms with Crippen molar-refractivity contribution in [3.05, 3.63) is 0 Å². The molecule has 0 aromatic carbocycles. The number of nitrogens with one attached hydrogen (secondary N) is 7. The predicted molar refractivity (Wildman–Crippen MR) is 276 cm³/mol. The summed E-state index contributed by atoms with van der Waals surface area (Å²) in [5, 5.41) is 37.9. The van der Waals surface area contributed by atoms with Gasteiger partial charge in [-0.25, -0.2) is 4.79 Å². The zero-order chi connectivity index (χ0) is 55.5. The van der Waals surface area contributed by atoms with Gasteiger partial charge in [0, 0.05) is 6.42 Å². The van der Waals surface area contributed by atoms with E-state index < -0.39 is 133 Å². The number of aliphatic carboxylic acids is 2.